The molecular weight excluding hydrogens is 402 g/mol. The molecule has 0 fully saturated rings. The Bertz CT molecular complexity index is 400. The summed E-state index contributed by atoms with van der Waals surface area (Å²) in [6.45, 7) is 3.38. The van der Waals surface area contributed by atoms with Crippen molar-refractivity contribution in [2.45, 2.75) is 135 Å². The number of unbranched alkanes of at least 4 members (excludes halogenated alkanes) is 15. The monoisotopic (exact) mass is 457 g/mol. The lowest BCUT2D eigenvalue weighted by Crippen LogP contribution is -3.00. The van der Waals surface area contributed by atoms with Gasteiger partial charge in [-0.3, -0.25) is 4.79 Å². The number of allylic oxidation sites excluding steroid dienone is 2. The van der Waals surface area contributed by atoms with Gasteiger partial charge >= 0.3 is 0 Å². The molecule has 3 heteroatoms. The lowest BCUT2D eigenvalue weighted by molar-refractivity contribution is -0.870. The van der Waals surface area contributed by atoms with Gasteiger partial charge in [-0.15, -0.1) is 0 Å². The van der Waals surface area contributed by atoms with E-state index in [1.54, 1.807) is 0 Å². The molecule has 0 unspecified atom stereocenters. The molecule has 0 bridgehead atoms. The van der Waals surface area contributed by atoms with Crippen molar-refractivity contribution in [3.8, 4) is 0 Å². The summed E-state index contributed by atoms with van der Waals surface area (Å²) in [5.74, 6) is 0.476. The molecular formula is C28H56ClNO. The van der Waals surface area contributed by atoms with Crippen molar-refractivity contribution in [3.63, 3.8) is 0 Å². The molecule has 0 aromatic heterocycles. The first-order valence-corrected chi connectivity index (χ1v) is 13.4. The highest BCUT2D eigenvalue weighted by Gasteiger charge is 2.08. The summed E-state index contributed by atoms with van der Waals surface area (Å²) in [4.78, 5) is 11.9. The molecule has 0 spiro atoms. The summed E-state index contributed by atoms with van der Waals surface area (Å²) in [5.41, 5.74) is 0. The summed E-state index contributed by atoms with van der Waals surface area (Å²) >= 11 is 0. The SMILES string of the molecule is CCCCCCCC/C=C\CCCCCCCCCCCC(=O)CCC[N+](C)(C)C.[Cl-]. The van der Waals surface area contributed by atoms with E-state index in [-0.39, 0.29) is 12.4 Å². The van der Waals surface area contributed by atoms with Gasteiger partial charge in [0.1, 0.15) is 5.78 Å². The van der Waals surface area contributed by atoms with E-state index in [4.69, 9.17) is 0 Å². The zero-order valence-corrected chi connectivity index (χ0v) is 22.5. The number of hydrogen-bond acceptors (Lipinski definition) is 1. The fourth-order valence-corrected chi connectivity index (χ4v) is 3.98. The van der Waals surface area contributed by atoms with Crippen molar-refractivity contribution in [1.82, 2.24) is 0 Å². The molecule has 0 N–H and O–H groups in total. The first kappa shape index (κ1) is 32.8. The van der Waals surface area contributed by atoms with Gasteiger partial charge in [0.2, 0.25) is 0 Å². The van der Waals surface area contributed by atoms with E-state index in [0.717, 1.165) is 36.7 Å². The Balaban J connectivity index is 0. The Hall–Kier alpha value is -0.340. The molecule has 0 heterocycles. The van der Waals surface area contributed by atoms with Crippen LogP contribution >= 0.6 is 0 Å². The molecule has 0 aromatic rings. The van der Waals surface area contributed by atoms with E-state index < -0.39 is 0 Å². The Labute approximate surface area is 202 Å². The molecule has 0 saturated heterocycles. The molecule has 186 valence electrons. The molecule has 0 saturated carbocycles. The van der Waals surface area contributed by atoms with Crippen LogP contribution in [0.2, 0.25) is 0 Å². The maximum atomic E-state index is 11.9. The van der Waals surface area contributed by atoms with Crippen LogP contribution in [0.4, 0.5) is 0 Å². The van der Waals surface area contributed by atoms with Gasteiger partial charge in [-0.2, -0.15) is 0 Å². The minimum absolute atomic E-state index is 0. The molecule has 0 aromatic carbocycles. The molecule has 0 aliphatic carbocycles. The largest absolute Gasteiger partial charge is 1.00 e. The van der Waals surface area contributed by atoms with Gasteiger partial charge in [0, 0.05) is 19.3 Å². The summed E-state index contributed by atoms with van der Waals surface area (Å²) in [5, 5.41) is 0. The molecule has 0 aliphatic rings. The number of Topliss-reactive ketones (excluding diaryl/α,β-unsaturated/α-hetero) is 1. The second-order valence-corrected chi connectivity index (χ2v) is 10.4. The van der Waals surface area contributed by atoms with E-state index in [0.29, 0.717) is 5.78 Å². The predicted molar refractivity (Wildman–Crippen MR) is 135 cm³/mol. The van der Waals surface area contributed by atoms with Crippen LogP contribution < -0.4 is 12.4 Å². The summed E-state index contributed by atoms with van der Waals surface area (Å²) in [7, 11) is 6.58. The number of hydrogen-bond donors (Lipinski definition) is 0. The highest BCUT2D eigenvalue weighted by atomic mass is 35.5. The maximum Gasteiger partial charge on any atom is 0.133 e. The Kier molecular flexibility index (Phi) is 25.7. The maximum absolute atomic E-state index is 11.9. The molecule has 0 atom stereocenters. The standard InChI is InChI=1S/C28H56NO.ClH/c1-5-6-7-8-9-10-11-12-13-14-15-16-17-18-19-20-21-22-23-25-28(30)26-24-27-29(2,3)4;/h12-13H,5-11,14-27H2,1-4H3;1H/q+1;/p-1/b13-12-;. The third-order valence-electron chi connectivity index (χ3n) is 6.00. The average molecular weight is 458 g/mol. The van der Waals surface area contributed by atoms with Gasteiger partial charge in [-0.1, -0.05) is 96.1 Å². The van der Waals surface area contributed by atoms with Crippen LogP contribution in [-0.2, 0) is 4.79 Å². The Morgan fingerprint density at radius 3 is 1.42 bits per heavy atom. The normalized spacial score (nSPS) is 11.7. The van der Waals surface area contributed by atoms with E-state index in [1.807, 2.05) is 0 Å². The second-order valence-electron chi connectivity index (χ2n) is 10.4. The van der Waals surface area contributed by atoms with Crippen molar-refractivity contribution in [1.29, 1.82) is 0 Å². The van der Waals surface area contributed by atoms with Crippen molar-refractivity contribution in [2.75, 3.05) is 27.7 Å². The zero-order chi connectivity index (χ0) is 22.3. The predicted octanol–water partition coefficient (Wildman–Crippen LogP) is 5.64. The molecule has 0 aliphatic heterocycles. The van der Waals surface area contributed by atoms with Crippen molar-refractivity contribution >= 4 is 5.78 Å². The van der Waals surface area contributed by atoms with Crippen molar-refractivity contribution < 1.29 is 21.7 Å². The topological polar surface area (TPSA) is 17.1 Å². The molecule has 0 rings (SSSR count). The molecule has 31 heavy (non-hydrogen) atoms. The van der Waals surface area contributed by atoms with Gasteiger partial charge in [-0.25, -0.2) is 0 Å². The first-order chi connectivity index (χ1) is 14.5. The average Bonchev–Trinajstić information content (AvgIpc) is 2.68. The van der Waals surface area contributed by atoms with Crippen LogP contribution in [-0.4, -0.2) is 38.0 Å². The van der Waals surface area contributed by atoms with Gasteiger partial charge in [0.15, 0.2) is 0 Å². The number of nitrogens with zero attached hydrogens (tertiary/aromatic N) is 1. The highest BCUT2D eigenvalue weighted by molar-refractivity contribution is 5.78. The number of carbonyl (C=O) groups is 1. The lowest BCUT2D eigenvalue weighted by Gasteiger charge is -2.23. The van der Waals surface area contributed by atoms with Crippen molar-refractivity contribution in [3.05, 3.63) is 12.2 Å². The number of carbonyl (C=O) groups excluding carboxylic acids is 1. The van der Waals surface area contributed by atoms with Gasteiger partial charge < -0.3 is 16.9 Å². The second kappa shape index (κ2) is 24.3. The molecule has 0 radical (unpaired) electrons. The third kappa shape index (κ3) is 29.7. The van der Waals surface area contributed by atoms with E-state index in [9.17, 15) is 4.79 Å². The minimum atomic E-state index is 0. The molecule has 0 amide bonds. The van der Waals surface area contributed by atoms with Crippen LogP contribution in [0.5, 0.6) is 0 Å². The van der Waals surface area contributed by atoms with Crippen molar-refractivity contribution in [2.24, 2.45) is 0 Å². The third-order valence-corrected chi connectivity index (χ3v) is 6.00. The van der Waals surface area contributed by atoms with Gasteiger partial charge in [-0.05, 0) is 32.1 Å². The van der Waals surface area contributed by atoms with Crippen LogP contribution in [0.25, 0.3) is 0 Å². The highest BCUT2D eigenvalue weighted by Crippen LogP contribution is 2.13. The van der Waals surface area contributed by atoms with E-state index in [2.05, 4.69) is 40.2 Å². The van der Waals surface area contributed by atoms with Crippen LogP contribution in [0.1, 0.15) is 135 Å². The summed E-state index contributed by atoms with van der Waals surface area (Å²) in [6, 6.07) is 0. The number of quaternary nitrogens is 1. The summed E-state index contributed by atoms with van der Waals surface area (Å²) in [6.07, 6.45) is 30.4. The smallest absolute Gasteiger partial charge is 0.133 e. The van der Waals surface area contributed by atoms with E-state index in [1.165, 1.54) is 103 Å². The first-order valence-electron chi connectivity index (χ1n) is 13.4. The van der Waals surface area contributed by atoms with Gasteiger partial charge in [0.05, 0.1) is 27.7 Å². The number of ketones is 1. The number of rotatable bonds is 23. The van der Waals surface area contributed by atoms with Crippen LogP contribution in [0.15, 0.2) is 12.2 Å². The minimum Gasteiger partial charge on any atom is -1.00 e. The molecule has 2 nitrogen and oxygen atoms in total. The summed E-state index contributed by atoms with van der Waals surface area (Å²) < 4.78 is 0.962. The Morgan fingerprint density at radius 2 is 0.968 bits per heavy atom. The quantitative estimate of drug-likeness (QED) is 0.110. The van der Waals surface area contributed by atoms with Gasteiger partial charge in [0.25, 0.3) is 0 Å². The lowest BCUT2D eigenvalue weighted by atomic mass is 10.0. The van der Waals surface area contributed by atoms with E-state index >= 15 is 0 Å². The number of halogens is 1. The fourth-order valence-electron chi connectivity index (χ4n) is 3.98. The zero-order valence-electron chi connectivity index (χ0n) is 21.7. The van der Waals surface area contributed by atoms with Crippen LogP contribution in [0.3, 0.4) is 0 Å². The van der Waals surface area contributed by atoms with Crippen LogP contribution in [0, 0.1) is 0 Å². The Morgan fingerprint density at radius 1 is 0.581 bits per heavy atom. The fraction of sp³-hybridized carbons (Fsp3) is 0.893.